The number of nitrogens with zero attached hydrogens (tertiary/aromatic N) is 1. The molecular weight excluding hydrogens is 329 g/mol. The fraction of sp³-hybridized carbons (Fsp3) is 0.778. The number of thioether (sulfide) groups is 1. The maximum absolute atomic E-state index is 11.5. The molecule has 0 aromatic heterocycles. The molecule has 2 heterocycles. The number of hydrogen-bond donors (Lipinski definition) is 1. The van der Waals surface area contributed by atoms with Crippen LogP contribution in [0, 0.1) is 0 Å². The Morgan fingerprint density at radius 1 is 1.73 bits per heavy atom. The van der Waals surface area contributed by atoms with Crippen molar-refractivity contribution in [2.75, 3.05) is 4.43 Å². The second-order valence-corrected chi connectivity index (χ2v) is 6.91. The van der Waals surface area contributed by atoms with Crippen LogP contribution in [0.3, 0.4) is 0 Å². The third kappa shape index (κ3) is 1.20. The molecular formula is C9H12INO3S. The molecule has 0 aromatic carbocycles. The first-order valence-electron chi connectivity index (χ1n) is 4.66. The van der Waals surface area contributed by atoms with Gasteiger partial charge in [0.25, 0.3) is 0 Å². The van der Waals surface area contributed by atoms with E-state index in [0.29, 0.717) is 10.8 Å². The number of carboxylic acids is 1. The lowest BCUT2D eigenvalue weighted by Crippen LogP contribution is -2.68. The maximum atomic E-state index is 11.5. The van der Waals surface area contributed by atoms with E-state index in [1.54, 1.807) is 16.7 Å². The zero-order chi connectivity index (χ0) is 11.4. The molecule has 1 amide bonds. The van der Waals surface area contributed by atoms with Gasteiger partial charge in [-0.2, -0.15) is 0 Å². The summed E-state index contributed by atoms with van der Waals surface area (Å²) in [5.74, 6) is -0.915. The quantitative estimate of drug-likeness (QED) is 0.468. The van der Waals surface area contributed by atoms with Crippen molar-refractivity contribution >= 4 is 46.2 Å². The molecule has 0 unspecified atom stereocenters. The van der Waals surface area contributed by atoms with E-state index in [2.05, 4.69) is 22.6 Å². The van der Waals surface area contributed by atoms with E-state index < -0.39 is 16.3 Å². The lowest BCUT2D eigenvalue weighted by atomic mass is 9.83. The largest absolute Gasteiger partial charge is 0.479 e. The first kappa shape index (κ1) is 11.5. The molecule has 0 aliphatic carbocycles. The first-order valence-corrected chi connectivity index (χ1v) is 7.06. The van der Waals surface area contributed by atoms with Crippen molar-refractivity contribution in [1.82, 2.24) is 4.90 Å². The number of rotatable bonds is 2. The van der Waals surface area contributed by atoms with Gasteiger partial charge in [0.2, 0.25) is 5.91 Å². The molecule has 0 radical (unpaired) electrons. The standard InChI is InChI=1S/C9H12INO3S/c1-8(2)9(4-10,7(13)14)11-5(12)3-6(11)15-8/h6H,3-4H2,1-2H3,(H,13,14)/t6-,9+/m1/s1. The Kier molecular flexibility index (Phi) is 2.50. The average molecular weight is 341 g/mol. The summed E-state index contributed by atoms with van der Waals surface area (Å²) in [6.07, 6.45) is 0.486. The fourth-order valence-corrected chi connectivity index (χ4v) is 5.98. The van der Waals surface area contributed by atoms with Crippen LogP contribution in [0.15, 0.2) is 0 Å². The van der Waals surface area contributed by atoms with Crippen LogP contribution in [0.4, 0.5) is 0 Å². The zero-order valence-electron chi connectivity index (χ0n) is 8.49. The van der Waals surface area contributed by atoms with Gasteiger partial charge in [-0.15, -0.1) is 11.8 Å². The highest BCUT2D eigenvalue weighted by Gasteiger charge is 2.68. The molecule has 2 fully saturated rings. The fourth-order valence-electron chi connectivity index (χ4n) is 2.31. The Hall–Kier alpha value is 0.0200. The molecule has 6 heteroatoms. The lowest BCUT2D eigenvalue weighted by molar-refractivity contribution is -0.165. The molecule has 1 N–H and O–H groups in total. The number of amides is 1. The van der Waals surface area contributed by atoms with Gasteiger partial charge in [-0.1, -0.05) is 22.6 Å². The summed E-state index contributed by atoms with van der Waals surface area (Å²) in [7, 11) is 0. The maximum Gasteiger partial charge on any atom is 0.331 e. The number of carbonyl (C=O) groups excluding carboxylic acids is 1. The topological polar surface area (TPSA) is 57.6 Å². The van der Waals surface area contributed by atoms with Crippen LogP contribution in [0.1, 0.15) is 20.3 Å². The van der Waals surface area contributed by atoms with Gasteiger partial charge in [-0.05, 0) is 13.8 Å². The van der Waals surface area contributed by atoms with Gasteiger partial charge in [-0.3, -0.25) is 4.79 Å². The van der Waals surface area contributed by atoms with Gasteiger partial charge in [-0.25, -0.2) is 4.79 Å². The average Bonchev–Trinajstić information content (AvgIpc) is 2.29. The number of carbonyl (C=O) groups is 2. The Labute approximate surface area is 106 Å². The molecule has 0 aromatic rings. The molecule has 2 saturated heterocycles. The second-order valence-electron chi connectivity index (χ2n) is 4.35. The summed E-state index contributed by atoms with van der Waals surface area (Å²) in [5.41, 5.74) is -1.03. The van der Waals surface area contributed by atoms with Crippen molar-refractivity contribution in [3.05, 3.63) is 0 Å². The number of aliphatic carboxylic acids is 1. The minimum atomic E-state index is -1.03. The Bertz CT molecular complexity index is 346. The Morgan fingerprint density at radius 3 is 2.67 bits per heavy atom. The number of β-lactam (4-membered cyclic amide) rings is 1. The van der Waals surface area contributed by atoms with Gasteiger partial charge in [0.1, 0.15) is 0 Å². The molecule has 2 rings (SSSR count). The smallest absolute Gasteiger partial charge is 0.331 e. The van der Waals surface area contributed by atoms with Crippen molar-refractivity contribution < 1.29 is 14.7 Å². The predicted octanol–water partition coefficient (Wildman–Crippen LogP) is 1.33. The summed E-state index contributed by atoms with van der Waals surface area (Å²) < 4.78 is 0.0131. The van der Waals surface area contributed by atoms with Crippen molar-refractivity contribution in [3.8, 4) is 0 Å². The highest BCUT2D eigenvalue weighted by Crippen LogP contribution is 2.57. The lowest BCUT2D eigenvalue weighted by Gasteiger charge is -2.45. The number of fused-ring (bicyclic) bond motifs is 1. The van der Waals surface area contributed by atoms with Crippen LogP contribution in [0.2, 0.25) is 0 Å². The summed E-state index contributed by atoms with van der Waals surface area (Å²) >= 11 is 3.66. The normalized spacial score (nSPS) is 37.4. The SMILES string of the molecule is CC1(C)S[C@@H]2CC(=O)N2[C@@]1(CI)C(=O)O. The summed E-state index contributed by atoms with van der Waals surface area (Å²) in [5, 5.41) is 9.50. The van der Waals surface area contributed by atoms with Gasteiger partial charge in [0, 0.05) is 9.17 Å². The molecule has 0 spiro atoms. The van der Waals surface area contributed by atoms with Crippen LogP contribution in [0.5, 0.6) is 0 Å². The molecule has 0 bridgehead atoms. The molecule has 15 heavy (non-hydrogen) atoms. The van der Waals surface area contributed by atoms with E-state index in [4.69, 9.17) is 0 Å². The Balaban J connectivity index is 2.49. The molecule has 84 valence electrons. The molecule has 0 saturated carbocycles. The van der Waals surface area contributed by atoms with E-state index in [0.717, 1.165) is 0 Å². The van der Waals surface area contributed by atoms with Crippen molar-refractivity contribution in [2.45, 2.75) is 35.9 Å². The number of hydrogen-bond acceptors (Lipinski definition) is 3. The van der Waals surface area contributed by atoms with Crippen molar-refractivity contribution in [3.63, 3.8) is 0 Å². The third-order valence-corrected chi connectivity index (χ3v) is 5.97. The van der Waals surface area contributed by atoms with E-state index in [-0.39, 0.29) is 11.3 Å². The van der Waals surface area contributed by atoms with Crippen molar-refractivity contribution in [1.29, 1.82) is 0 Å². The van der Waals surface area contributed by atoms with Gasteiger partial charge in [0.05, 0.1) is 11.8 Å². The highest BCUT2D eigenvalue weighted by atomic mass is 127. The van der Waals surface area contributed by atoms with Crippen LogP contribution in [-0.2, 0) is 9.59 Å². The second kappa shape index (κ2) is 3.26. The zero-order valence-corrected chi connectivity index (χ0v) is 11.5. The van der Waals surface area contributed by atoms with E-state index in [9.17, 15) is 14.7 Å². The number of alkyl halides is 1. The number of halogens is 1. The first-order chi connectivity index (χ1) is 6.87. The molecule has 2 aliphatic rings. The molecule has 2 aliphatic heterocycles. The molecule has 2 atom stereocenters. The summed E-state index contributed by atoms with van der Waals surface area (Å²) in [4.78, 5) is 24.6. The number of carboxylic acid groups (broad SMARTS) is 1. The minimum absolute atomic E-state index is 0.0304. The van der Waals surface area contributed by atoms with Crippen LogP contribution in [-0.4, -0.2) is 42.0 Å². The van der Waals surface area contributed by atoms with E-state index >= 15 is 0 Å². The highest BCUT2D eigenvalue weighted by molar-refractivity contribution is 14.1. The third-order valence-electron chi connectivity index (χ3n) is 3.29. The monoisotopic (exact) mass is 341 g/mol. The van der Waals surface area contributed by atoms with Gasteiger partial charge >= 0.3 is 5.97 Å². The summed E-state index contributed by atoms with van der Waals surface area (Å²) in [6, 6.07) is 0. The van der Waals surface area contributed by atoms with E-state index in [1.807, 2.05) is 13.8 Å². The van der Waals surface area contributed by atoms with Crippen LogP contribution >= 0.6 is 34.4 Å². The van der Waals surface area contributed by atoms with E-state index in [1.165, 1.54) is 0 Å². The van der Waals surface area contributed by atoms with Crippen molar-refractivity contribution in [2.24, 2.45) is 0 Å². The summed E-state index contributed by atoms with van der Waals surface area (Å²) in [6.45, 7) is 3.83. The van der Waals surface area contributed by atoms with Gasteiger partial charge < -0.3 is 10.0 Å². The predicted molar refractivity (Wildman–Crippen MR) is 66.2 cm³/mol. The Morgan fingerprint density at radius 2 is 2.33 bits per heavy atom. The molecule has 4 nitrogen and oxygen atoms in total. The van der Waals surface area contributed by atoms with Crippen LogP contribution in [0.25, 0.3) is 0 Å². The van der Waals surface area contributed by atoms with Crippen LogP contribution < -0.4 is 0 Å². The minimum Gasteiger partial charge on any atom is -0.479 e. The van der Waals surface area contributed by atoms with Gasteiger partial charge in [0.15, 0.2) is 5.54 Å².